The third kappa shape index (κ3) is 6.58. The Morgan fingerprint density at radius 3 is 2.46 bits per heavy atom. The minimum Gasteiger partial charge on any atom is -0.385 e. The van der Waals surface area contributed by atoms with Gasteiger partial charge in [-0.2, -0.15) is 0 Å². The molecule has 0 aliphatic heterocycles. The summed E-state index contributed by atoms with van der Waals surface area (Å²) in [7, 11) is 1.63. The van der Waals surface area contributed by atoms with Crippen molar-refractivity contribution in [2.24, 2.45) is 0 Å². The summed E-state index contributed by atoms with van der Waals surface area (Å²) in [5, 5.41) is 8.59. The zero-order chi connectivity index (χ0) is 18.1. The van der Waals surface area contributed by atoms with Gasteiger partial charge in [0.15, 0.2) is 0 Å². The second-order valence-corrected chi connectivity index (χ2v) is 6.09. The fourth-order valence-electron chi connectivity index (χ4n) is 2.10. The summed E-state index contributed by atoms with van der Waals surface area (Å²) in [5.41, 5.74) is 2.12. The molecule has 134 valence electrons. The number of rotatable bonds is 8. The molecule has 3 amide bonds. The maximum Gasteiger partial charge on any atom is 0.319 e. The van der Waals surface area contributed by atoms with Crippen LogP contribution in [0.4, 0.5) is 10.5 Å². The quantitative estimate of drug-likeness (QED) is 0.683. The number of hydrogen-bond donors (Lipinski definition) is 3. The van der Waals surface area contributed by atoms with Crippen molar-refractivity contribution >= 4 is 17.6 Å². The first-order valence-corrected chi connectivity index (χ1v) is 8.35. The largest absolute Gasteiger partial charge is 0.385 e. The van der Waals surface area contributed by atoms with Gasteiger partial charge in [-0.15, -0.1) is 0 Å². The summed E-state index contributed by atoms with van der Waals surface area (Å²) in [4.78, 5) is 24.1. The fraction of sp³-hybridized carbons (Fsp3) is 0.556. The van der Waals surface area contributed by atoms with Crippen molar-refractivity contribution < 1.29 is 14.3 Å². The number of amides is 3. The van der Waals surface area contributed by atoms with Crippen molar-refractivity contribution in [1.82, 2.24) is 10.6 Å². The topological polar surface area (TPSA) is 79.5 Å². The molecule has 1 aromatic rings. The van der Waals surface area contributed by atoms with Gasteiger partial charge < -0.3 is 20.7 Å². The van der Waals surface area contributed by atoms with Crippen molar-refractivity contribution in [1.29, 1.82) is 0 Å². The van der Waals surface area contributed by atoms with Crippen LogP contribution in [0.5, 0.6) is 0 Å². The number of aryl methyl sites for hydroxylation is 1. The van der Waals surface area contributed by atoms with Crippen LogP contribution in [0.25, 0.3) is 0 Å². The van der Waals surface area contributed by atoms with E-state index >= 15 is 0 Å². The predicted molar refractivity (Wildman–Crippen MR) is 96.5 cm³/mol. The standard InChI is InChI=1S/C18H29N3O3/c1-6-13(3)19-17(22)15-7-8-16(12(2)11-15)21-18(23)20-14(4)9-10-24-5/h7-8,11,13-14H,6,9-10H2,1-5H3,(H,19,22)(H2,20,21,23)/t13-,14-/m1/s1. The molecule has 0 aliphatic rings. The van der Waals surface area contributed by atoms with Crippen LogP contribution in [0, 0.1) is 6.92 Å². The summed E-state index contributed by atoms with van der Waals surface area (Å²) in [6.45, 7) is 8.38. The first kappa shape index (κ1) is 20.0. The summed E-state index contributed by atoms with van der Waals surface area (Å²) >= 11 is 0. The number of ether oxygens (including phenoxy) is 1. The Labute approximate surface area is 144 Å². The molecule has 0 spiro atoms. The van der Waals surface area contributed by atoms with Gasteiger partial charge in [-0.25, -0.2) is 4.79 Å². The molecule has 24 heavy (non-hydrogen) atoms. The van der Waals surface area contributed by atoms with E-state index in [1.807, 2.05) is 27.7 Å². The van der Waals surface area contributed by atoms with E-state index < -0.39 is 0 Å². The Bertz CT molecular complexity index is 560. The van der Waals surface area contributed by atoms with Gasteiger partial charge in [-0.05, 0) is 57.4 Å². The summed E-state index contributed by atoms with van der Waals surface area (Å²) in [6.07, 6.45) is 1.63. The molecule has 1 rings (SSSR count). The van der Waals surface area contributed by atoms with E-state index in [1.165, 1.54) is 0 Å². The molecule has 0 radical (unpaired) electrons. The molecule has 0 aromatic heterocycles. The fourth-order valence-corrected chi connectivity index (χ4v) is 2.10. The molecule has 6 heteroatoms. The van der Waals surface area contributed by atoms with E-state index in [0.29, 0.717) is 17.9 Å². The second-order valence-electron chi connectivity index (χ2n) is 6.09. The lowest BCUT2D eigenvalue weighted by Crippen LogP contribution is -2.36. The number of carbonyl (C=O) groups excluding carboxylic acids is 2. The Morgan fingerprint density at radius 1 is 1.17 bits per heavy atom. The Kier molecular flexibility index (Phi) is 8.26. The molecule has 0 unspecified atom stereocenters. The van der Waals surface area contributed by atoms with Gasteiger partial charge in [0, 0.05) is 37.1 Å². The molecule has 6 nitrogen and oxygen atoms in total. The third-order valence-corrected chi connectivity index (χ3v) is 3.86. The zero-order valence-electron chi connectivity index (χ0n) is 15.2. The molecular weight excluding hydrogens is 306 g/mol. The Balaban J connectivity index is 2.64. The molecule has 0 bridgehead atoms. The molecule has 0 saturated heterocycles. The number of nitrogens with one attached hydrogen (secondary N) is 3. The lowest BCUT2D eigenvalue weighted by Gasteiger charge is -2.16. The maximum atomic E-state index is 12.1. The van der Waals surface area contributed by atoms with Crippen LogP contribution < -0.4 is 16.0 Å². The predicted octanol–water partition coefficient (Wildman–Crippen LogP) is 3.07. The van der Waals surface area contributed by atoms with Crippen molar-refractivity contribution in [3.8, 4) is 0 Å². The minimum absolute atomic E-state index is 0.0193. The van der Waals surface area contributed by atoms with E-state index in [1.54, 1.807) is 25.3 Å². The molecule has 0 heterocycles. The summed E-state index contributed by atoms with van der Waals surface area (Å²) < 4.78 is 4.99. The van der Waals surface area contributed by atoms with Gasteiger partial charge in [-0.3, -0.25) is 4.79 Å². The number of carbonyl (C=O) groups is 2. The van der Waals surface area contributed by atoms with Crippen molar-refractivity contribution in [2.75, 3.05) is 19.0 Å². The number of benzene rings is 1. The molecule has 3 N–H and O–H groups in total. The number of anilines is 1. The average Bonchev–Trinajstić information content (AvgIpc) is 2.54. The first-order valence-electron chi connectivity index (χ1n) is 8.35. The number of methoxy groups -OCH3 is 1. The molecule has 0 saturated carbocycles. The number of hydrogen-bond acceptors (Lipinski definition) is 3. The van der Waals surface area contributed by atoms with Crippen LogP contribution >= 0.6 is 0 Å². The Morgan fingerprint density at radius 2 is 1.88 bits per heavy atom. The summed E-state index contributed by atoms with van der Waals surface area (Å²) in [5.74, 6) is -0.100. The SMILES string of the molecule is CC[C@@H](C)NC(=O)c1ccc(NC(=O)N[C@H](C)CCOC)c(C)c1. The highest BCUT2D eigenvalue weighted by Crippen LogP contribution is 2.17. The molecule has 1 aromatic carbocycles. The highest BCUT2D eigenvalue weighted by atomic mass is 16.5. The van der Waals surface area contributed by atoms with E-state index in [4.69, 9.17) is 4.74 Å². The van der Waals surface area contributed by atoms with Gasteiger partial charge in [0.1, 0.15) is 0 Å². The molecule has 0 aliphatic carbocycles. The van der Waals surface area contributed by atoms with E-state index in [0.717, 1.165) is 18.4 Å². The van der Waals surface area contributed by atoms with E-state index in [-0.39, 0.29) is 24.0 Å². The van der Waals surface area contributed by atoms with Gasteiger partial charge >= 0.3 is 6.03 Å². The van der Waals surface area contributed by atoms with Gasteiger partial charge in [0.2, 0.25) is 0 Å². The monoisotopic (exact) mass is 335 g/mol. The first-order chi connectivity index (χ1) is 11.4. The zero-order valence-corrected chi connectivity index (χ0v) is 15.2. The van der Waals surface area contributed by atoms with Crippen LogP contribution in [0.2, 0.25) is 0 Å². The van der Waals surface area contributed by atoms with E-state index in [2.05, 4.69) is 16.0 Å². The third-order valence-electron chi connectivity index (χ3n) is 3.86. The smallest absolute Gasteiger partial charge is 0.319 e. The van der Waals surface area contributed by atoms with Crippen molar-refractivity contribution in [2.45, 2.75) is 52.6 Å². The highest BCUT2D eigenvalue weighted by Gasteiger charge is 2.12. The van der Waals surface area contributed by atoms with Gasteiger partial charge in [0.05, 0.1) is 0 Å². The van der Waals surface area contributed by atoms with Gasteiger partial charge in [0.25, 0.3) is 5.91 Å². The second kappa shape index (κ2) is 9.93. The minimum atomic E-state index is -0.265. The van der Waals surface area contributed by atoms with Gasteiger partial charge in [-0.1, -0.05) is 6.92 Å². The van der Waals surface area contributed by atoms with Crippen LogP contribution in [0.1, 0.15) is 49.5 Å². The van der Waals surface area contributed by atoms with Crippen molar-refractivity contribution in [3.05, 3.63) is 29.3 Å². The van der Waals surface area contributed by atoms with Crippen LogP contribution in [0.15, 0.2) is 18.2 Å². The lowest BCUT2D eigenvalue weighted by molar-refractivity contribution is 0.0939. The molecule has 2 atom stereocenters. The maximum absolute atomic E-state index is 12.1. The lowest BCUT2D eigenvalue weighted by atomic mass is 10.1. The highest BCUT2D eigenvalue weighted by molar-refractivity contribution is 5.96. The van der Waals surface area contributed by atoms with Crippen LogP contribution in [0.3, 0.4) is 0 Å². The van der Waals surface area contributed by atoms with Crippen LogP contribution in [-0.4, -0.2) is 37.7 Å². The normalized spacial score (nSPS) is 13.0. The number of urea groups is 1. The van der Waals surface area contributed by atoms with Crippen LogP contribution in [-0.2, 0) is 4.74 Å². The molecule has 0 fully saturated rings. The molecular formula is C18H29N3O3. The average molecular weight is 335 g/mol. The Hall–Kier alpha value is -2.08. The van der Waals surface area contributed by atoms with Crippen molar-refractivity contribution in [3.63, 3.8) is 0 Å². The van der Waals surface area contributed by atoms with E-state index in [9.17, 15) is 9.59 Å². The summed E-state index contributed by atoms with van der Waals surface area (Å²) in [6, 6.07) is 5.13.